The van der Waals surface area contributed by atoms with Crippen LogP contribution in [0.25, 0.3) is 0 Å². The Morgan fingerprint density at radius 2 is 1.92 bits per heavy atom. The zero-order chi connectivity index (χ0) is 9.68. The van der Waals surface area contributed by atoms with E-state index in [1.165, 1.54) is 6.07 Å². The van der Waals surface area contributed by atoms with E-state index < -0.39 is 0 Å². The highest BCUT2D eigenvalue weighted by molar-refractivity contribution is 5.16. The Bertz CT molecular complexity index is 256. The molecule has 0 amide bonds. The highest BCUT2D eigenvalue weighted by atomic mass is 19.1. The highest BCUT2D eigenvalue weighted by Gasteiger charge is 2.00. The Balaban J connectivity index is 2.62. The number of halogens is 1. The van der Waals surface area contributed by atoms with Crippen molar-refractivity contribution in [3.05, 3.63) is 35.6 Å². The lowest BCUT2D eigenvalue weighted by molar-refractivity contribution is 0.295. The highest BCUT2D eigenvalue weighted by Crippen LogP contribution is 2.06. The third-order valence-electron chi connectivity index (χ3n) is 2.19. The van der Waals surface area contributed by atoms with Gasteiger partial charge in [-0.15, -0.1) is 0 Å². The molecular weight excluding hydrogens is 165 g/mol. The molecule has 0 N–H and O–H groups in total. The number of hydrogen-bond acceptors (Lipinski definition) is 1. The molecule has 0 saturated heterocycles. The van der Waals surface area contributed by atoms with E-state index in [1.807, 2.05) is 6.07 Å². The van der Waals surface area contributed by atoms with Gasteiger partial charge in [0.1, 0.15) is 5.82 Å². The fourth-order valence-corrected chi connectivity index (χ4v) is 1.34. The fourth-order valence-electron chi connectivity index (χ4n) is 1.34. The molecule has 0 spiro atoms. The monoisotopic (exact) mass is 181 g/mol. The van der Waals surface area contributed by atoms with Crippen LogP contribution in [0.5, 0.6) is 0 Å². The number of nitrogens with zero attached hydrogens (tertiary/aromatic N) is 1. The maximum atomic E-state index is 12.8. The summed E-state index contributed by atoms with van der Waals surface area (Å²) in [5.41, 5.74) is 1.05. The quantitative estimate of drug-likeness (QED) is 0.690. The van der Waals surface area contributed by atoms with Crippen molar-refractivity contribution in [2.45, 2.75) is 20.4 Å². The summed E-state index contributed by atoms with van der Waals surface area (Å²) in [5.74, 6) is -0.148. The van der Waals surface area contributed by atoms with Gasteiger partial charge in [-0.1, -0.05) is 26.0 Å². The largest absolute Gasteiger partial charge is 0.300 e. The van der Waals surface area contributed by atoms with Gasteiger partial charge in [-0.3, -0.25) is 4.90 Å². The van der Waals surface area contributed by atoms with Crippen LogP contribution < -0.4 is 0 Å². The average Bonchev–Trinajstić information content (AvgIpc) is 2.14. The predicted molar refractivity (Wildman–Crippen MR) is 53.0 cm³/mol. The normalized spacial score (nSPS) is 10.8. The van der Waals surface area contributed by atoms with Gasteiger partial charge in [0.2, 0.25) is 0 Å². The van der Waals surface area contributed by atoms with E-state index in [9.17, 15) is 4.39 Å². The maximum Gasteiger partial charge on any atom is 0.123 e. The van der Waals surface area contributed by atoms with Gasteiger partial charge in [-0.2, -0.15) is 0 Å². The van der Waals surface area contributed by atoms with Crippen LogP contribution in [0.15, 0.2) is 24.3 Å². The number of benzene rings is 1. The van der Waals surface area contributed by atoms with Crippen molar-refractivity contribution < 1.29 is 4.39 Å². The molecule has 0 fully saturated rings. The molecule has 1 aromatic rings. The standard InChI is InChI=1S/C11H16FN/c1-3-13(4-2)9-10-6-5-7-11(12)8-10/h5-8H,3-4,9H2,1-2H3. The topological polar surface area (TPSA) is 3.24 Å². The van der Waals surface area contributed by atoms with Crippen LogP contribution in [0.3, 0.4) is 0 Å². The van der Waals surface area contributed by atoms with Crippen LogP contribution in [0.2, 0.25) is 0 Å². The third kappa shape index (κ3) is 3.15. The van der Waals surface area contributed by atoms with Gasteiger partial charge in [0.25, 0.3) is 0 Å². The van der Waals surface area contributed by atoms with Gasteiger partial charge in [-0.05, 0) is 30.8 Å². The Morgan fingerprint density at radius 3 is 2.46 bits per heavy atom. The molecule has 0 bridgehead atoms. The van der Waals surface area contributed by atoms with Crippen LogP contribution in [0.1, 0.15) is 19.4 Å². The summed E-state index contributed by atoms with van der Waals surface area (Å²) in [7, 11) is 0. The van der Waals surface area contributed by atoms with E-state index in [2.05, 4.69) is 18.7 Å². The average molecular weight is 181 g/mol. The molecule has 0 heterocycles. The zero-order valence-corrected chi connectivity index (χ0v) is 8.26. The van der Waals surface area contributed by atoms with Gasteiger partial charge in [-0.25, -0.2) is 4.39 Å². The van der Waals surface area contributed by atoms with E-state index in [-0.39, 0.29) is 5.82 Å². The van der Waals surface area contributed by atoms with Crippen molar-refractivity contribution in [3.8, 4) is 0 Å². The third-order valence-corrected chi connectivity index (χ3v) is 2.19. The van der Waals surface area contributed by atoms with Gasteiger partial charge in [0.05, 0.1) is 0 Å². The van der Waals surface area contributed by atoms with Crippen molar-refractivity contribution in [3.63, 3.8) is 0 Å². The molecule has 1 rings (SSSR count). The summed E-state index contributed by atoms with van der Waals surface area (Å²) >= 11 is 0. The van der Waals surface area contributed by atoms with E-state index >= 15 is 0 Å². The van der Waals surface area contributed by atoms with Crippen molar-refractivity contribution >= 4 is 0 Å². The van der Waals surface area contributed by atoms with E-state index in [1.54, 1.807) is 12.1 Å². The Labute approximate surface area is 79.2 Å². The predicted octanol–water partition coefficient (Wildman–Crippen LogP) is 2.67. The second kappa shape index (κ2) is 4.97. The first kappa shape index (κ1) is 10.2. The van der Waals surface area contributed by atoms with Crippen LogP contribution in [0, 0.1) is 5.82 Å². The van der Waals surface area contributed by atoms with Crippen molar-refractivity contribution in [1.29, 1.82) is 0 Å². The Morgan fingerprint density at radius 1 is 1.23 bits per heavy atom. The lowest BCUT2D eigenvalue weighted by atomic mass is 10.2. The zero-order valence-electron chi connectivity index (χ0n) is 8.26. The molecule has 0 atom stereocenters. The minimum absolute atomic E-state index is 0.148. The lowest BCUT2D eigenvalue weighted by Crippen LogP contribution is -2.22. The van der Waals surface area contributed by atoms with Crippen molar-refractivity contribution in [1.82, 2.24) is 4.90 Å². The minimum atomic E-state index is -0.148. The summed E-state index contributed by atoms with van der Waals surface area (Å²) in [6, 6.07) is 6.79. The molecule has 0 saturated carbocycles. The molecule has 0 aliphatic carbocycles. The second-order valence-corrected chi connectivity index (χ2v) is 3.09. The van der Waals surface area contributed by atoms with E-state index in [4.69, 9.17) is 0 Å². The smallest absolute Gasteiger partial charge is 0.123 e. The van der Waals surface area contributed by atoms with Gasteiger partial charge < -0.3 is 0 Å². The van der Waals surface area contributed by atoms with Crippen LogP contribution >= 0.6 is 0 Å². The van der Waals surface area contributed by atoms with E-state index in [0.29, 0.717) is 0 Å². The first-order valence-electron chi connectivity index (χ1n) is 4.73. The van der Waals surface area contributed by atoms with Gasteiger partial charge in [0.15, 0.2) is 0 Å². The SMILES string of the molecule is CCN(CC)Cc1cccc(F)c1. The van der Waals surface area contributed by atoms with E-state index in [0.717, 1.165) is 25.2 Å². The molecule has 0 aliphatic rings. The molecular formula is C11H16FN. The Kier molecular flexibility index (Phi) is 3.90. The van der Waals surface area contributed by atoms with Crippen LogP contribution in [-0.2, 0) is 6.54 Å². The molecule has 13 heavy (non-hydrogen) atoms. The summed E-state index contributed by atoms with van der Waals surface area (Å²) in [6.07, 6.45) is 0. The summed E-state index contributed by atoms with van der Waals surface area (Å²) in [4.78, 5) is 2.26. The van der Waals surface area contributed by atoms with Crippen molar-refractivity contribution in [2.24, 2.45) is 0 Å². The number of hydrogen-bond donors (Lipinski definition) is 0. The lowest BCUT2D eigenvalue weighted by Gasteiger charge is -2.17. The van der Waals surface area contributed by atoms with Gasteiger partial charge in [0, 0.05) is 6.54 Å². The van der Waals surface area contributed by atoms with Crippen LogP contribution in [-0.4, -0.2) is 18.0 Å². The number of rotatable bonds is 4. The molecule has 0 unspecified atom stereocenters. The summed E-state index contributed by atoms with van der Waals surface area (Å²) in [5, 5.41) is 0. The fraction of sp³-hybridized carbons (Fsp3) is 0.455. The summed E-state index contributed by atoms with van der Waals surface area (Å²) in [6.45, 7) is 7.08. The molecule has 0 aliphatic heterocycles. The van der Waals surface area contributed by atoms with Crippen LogP contribution in [0.4, 0.5) is 4.39 Å². The van der Waals surface area contributed by atoms with Gasteiger partial charge >= 0.3 is 0 Å². The molecule has 72 valence electrons. The first-order chi connectivity index (χ1) is 6.26. The minimum Gasteiger partial charge on any atom is -0.300 e. The molecule has 0 radical (unpaired) electrons. The van der Waals surface area contributed by atoms with Crippen molar-refractivity contribution in [2.75, 3.05) is 13.1 Å². The molecule has 1 nitrogen and oxygen atoms in total. The molecule has 2 heteroatoms. The Hall–Kier alpha value is -0.890. The summed E-state index contributed by atoms with van der Waals surface area (Å²) < 4.78 is 12.8. The maximum absolute atomic E-state index is 12.8. The molecule has 0 aromatic heterocycles. The second-order valence-electron chi connectivity index (χ2n) is 3.09. The molecule has 1 aromatic carbocycles. The first-order valence-corrected chi connectivity index (χ1v) is 4.73.